The molecule has 18 heavy (non-hydrogen) atoms. The predicted octanol–water partition coefficient (Wildman–Crippen LogP) is 2.93. The largest absolute Gasteiger partial charge is 0.366 e. The van der Waals surface area contributed by atoms with Gasteiger partial charge in [-0.2, -0.15) is 0 Å². The smallest absolute Gasteiger partial charge is 0.248 e. The van der Waals surface area contributed by atoms with Crippen molar-refractivity contribution in [1.82, 2.24) is 4.98 Å². The summed E-state index contributed by atoms with van der Waals surface area (Å²) in [5, 5.41) is 1.17. The number of benzene rings is 2. The SMILES string of the molecule is NC(=O)c1ccc(-c2cc3ccccc3[nH]2)cc1. The van der Waals surface area contributed by atoms with Gasteiger partial charge in [0.2, 0.25) is 5.91 Å². The predicted molar refractivity (Wildman–Crippen MR) is 72.3 cm³/mol. The molecule has 2 aromatic carbocycles. The quantitative estimate of drug-likeness (QED) is 0.706. The van der Waals surface area contributed by atoms with Gasteiger partial charge in [0.25, 0.3) is 0 Å². The fourth-order valence-corrected chi connectivity index (χ4v) is 2.04. The lowest BCUT2D eigenvalue weighted by molar-refractivity contribution is 0.100. The van der Waals surface area contributed by atoms with Crippen LogP contribution in [0.15, 0.2) is 54.6 Å². The second-order valence-electron chi connectivity index (χ2n) is 4.21. The molecule has 88 valence electrons. The number of carbonyl (C=O) groups excluding carboxylic acids is 1. The Morgan fingerprint density at radius 2 is 1.72 bits per heavy atom. The van der Waals surface area contributed by atoms with Crippen LogP contribution in [0.1, 0.15) is 10.4 Å². The summed E-state index contributed by atoms with van der Waals surface area (Å²) in [5.41, 5.74) is 8.92. The van der Waals surface area contributed by atoms with Gasteiger partial charge in [0.05, 0.1) is 0 Å². The summed E-state index contributed by atoms with van der Waals surface area (Å²) in [5.74, 6) is -0.404. The standard InChI is InChI=1S/C15H12N2O/c16-15(18)11-7-5-10(6-8-11)14-9-12-3-1-2-4-13(12)17-14/h1-9,17H,(H2,16,18). The van der Waals surface area contributed by atoms with E-state index in [0.29, 0.717) is 5.56 Å². The molecule has 0 unspecified atom stereocenters. The Balaban J connectivity index is 2.06. The van der Waals surface area contributed by atoms with Gasteiger partial charge < -0.3 is 10.7 Å². The second kappa shape index (κ2) is 4.04. The van der Waals surface area contributed by atoms with E-state index in [9.17, 15) is 4.79 Å². The van der Waals surface area contributed by atoms with Gasteiger partial charge in [-0.15, -0.1) is 0 Å². The molecule has 3 aromatic rings. The summed E-state index contributed by atoms with van der Waals surface area (Å²) < 4.78 is 0. The highest BCUT2D eigenvalue weighted by atomic mass is 16.1. The summed E-state index contributed by atoms with van der Waals surface area (Å²) in [6.45, 7) is 0. The summed E-state index contributed by atoms with van der Waals surface area (Å²) in [6, 6.07) is 17.5. The molecular formula is C15H12N2O. The highest BCUT2D eigenvalue weighted by Crippen LogP contribution is 2.24. The molecule has 3 heteroatoms. The van der Waals surface area contributed by atoms with Crippen molar-refractivity contribution >= 4 is 16.8 Å². The Hall–Kier alpha value is -2.55. The lowest BCUT2D eigenvalue weighted by atomic mass is 10.1. The van der Waals surface area contributed by atoms with Gasteiger partial charge in [-0.05, 0) is 29.8 Å². The lowest BCUT2D eigenvalue weighted by Crippen LogP contribution is -2.10. The molecular weight excluding hydrogens is 224 g/mol. The summed E-state index contributed by atoms with van der Waals surface area (Å²) in [6.07, 6.45) is 0. The molecule has 3 nitrogen and oxygen atoms in total. The number of hydrogen-bond acceptors (Lipinski definition) is 1. The molecule has 3 rings (SSSR count). The molecule has 0 spiro atoms. The van der Waals surface area contributed by atoms with Crippen molar-refractivity contribution in [2.24, 2.45) is 5.73 Å². The molecule has 0 radical (unpaired) electrons. The van der Waals surface area contributed by atoms with E-state index in [1.54, 1.807) is 12.1 Å². The normalized spacial score (nSPS) is 10.7. The number of nitrogens with two attached hydrogens (primary N) is 1. The van der Waals surface area contributed by atoms with E-state index in [4.69, 9.17) is 5.73 Å². The van der Waals surface area contributed by atoms with Crippen molar-refractivity contribution in [2.75, 3.05) is 0 Å². The van der Waals surface area contributed by atoms with Crippen LogP contribution < -0.4 is 5.73 Å². The molecule has 0 aliphatic rings. The highest BCUT2D eigenvalue weighted by Gasteiger charge is 2.04. The molecule has 1 aromatic heterocycles. The highest BCUT2D eigenvalue weighted by molar-refractivity contribution is 5.93. The summed E-state index contributed by atoms with van der Waals surface area (Å²) >= 11 is 0. The molecule has 1 amide bonds. The minimum atomic E-state index is -0.404. The number of H-pyrrole nitrogens is 1. The average molecular weight is 236 g/mol. The number of amides is 1. The van der Waals surface area contributed by atoms with Crippen molar-refractivity contribution in [2.45, 2.75) is 0 Å². The third-order valence-corrected chi connectivity index (χ3v) is 3.01. The van der Waals surface area contributed by atoms with Gasteiger partial charge in [0.15, 0.2) is 0 Å². The minimum absolute atomic E-state index is 0.404. The Labute approximate surface area is 104 Å². The van der Waals surface area contributed by atoms with E-state index in [1.165, 1.54) is 5.39 Å². The number of hydrogen-bond donors (Lipinski definition) is 2. The van der Waals surface area contributed by atoms with Crippen LogP contribution in [0.25, 0.3) is 22.2 Å². The summed E-state index contributed by atoms with van der Waals surface area (Å²) in [7, 11) is 0. The molecule has 0 saturated heterocycles. The van der Waals surface area contributed by atoms with Crippen LogP contribution in [-0.2, 0) is 0 Å². The molecule has 0 saturated carbocycles. The van der Waals surface area contributed by atoms with E-state index < -0.39 is 5.91 Å². The third kappa shape index (κ3) is 1.76. The van der Waals surface area contributed by atoms with Crippen LogP contribution in [0.3, 0.4) is 0 Å². The van der Waals surface area contributed by atoms with Gasteiger partial charge in [0, 0.05) is 22.2 Å². The molecule has 1 heterocycles. The van der Waals surface area contributed by atoms with Crippen molar-refractivity contribution in [3.8, 4) is 11.3 Å². The molecule has 3 N–H and O–H groups in total. The first kappa shape index (κ1) is 10.6. The first-order valence-electron chi connectivity index (χ1n) is 5.72. The zero-order valence-electron chi connectivity index (χ0n) is 9.68. The van der Waals surface area contributed by atoms with Crippen molar-refractivity contribution in [1.29, 1.82) is 0 Å². The fourth-order valence-electron chi connectivity index (χ4n) is 2.04. The Morgan fingerprint density at radius 1 is 1.00 bits per heavy atom. The van der Waals surface area contributed by atoms with E-state index in [2.05, 4.69) is 17.1 Å². The maximum Gasteiger partial charge on any atom is 0.248 e. The molecule has 0 bridgehead atoms. The number of carbonyl (C=O) groups is 1. The topological polar surface area (TPSA) is 58.9 Å². The third-order valence-electron chi connectivity index (χ3n) is 3.01. The number of aromatic amines is 1. The van der Waals surface area contributed by atoms with Gasteiger partial charge in [-0.3, -0.25) is 4.79 Å². The first-order valence-corrected chi connectivity index (χ1v) is 5.72. The van der Waals surface area contributed by atoms with Crippen molar-refractivity contribution in [3.63, 3.8) is 0 Å². The number of aromatic nitrogens is 1. The minimum Gasteiger partial charge on any atom is -0.366 e. The van der Waals surface area contributed by atoms with Crippen LogP contribution in [0.4, 0.5) is 0 Å². The number of primary amides is 1. The average Bonchev–Trinajstić information content (AvgIpc) is 2.82. The Bertz CT molecular complexity index is 678. The van der Waals surface area contributed by atoms with Gasteiger partial charge in [-0.25, -0.2) is 0 Å². The van der Waals surface area contributed by atoms with E-state index in [0.717, 1.165) is 16.8 Å². The molecule has 0 aliphatic heterocycles. The molecule has 0 aliphatic carbocycles. The Kier molecular flexibility index (Phi) is 2.38. The number of fused-ring (bicyclic) bond motifs is 1. The summed E-state index contributed by atoms with van der Waals surface area (Å²) in [4.78, 5) is 14.3. The Morgan fingerprint density at radius 3 is 2.39 bits per heavy atom. The zero-order chi connectivity index (χ0) is 12.5. The maximum absolute atomic E-state index is 11.0. The van der Waals surface area contributed by atoms with Crippen LogP contribution >= 0.6 is 0 Å². The zero-order valence-corrected chi connectivity index (χ0v) is 9.68. The molecule has 0 atom stereocenters. The van der Waals surface area contributed by atoms with E-state index in [1.807, 2.05) is 30.3 Å². The van der Waals surface area contributed by atoms with E-state index >= 15 is 0 Å². The number of para-hydroxylation sites is 1. The first-order chi connectivity index (χ1) is 8.74. The fraction of sp³-hybridized carbons (Fsp3) is 0. The van der Waals surface area contributed by atoms with Gasteiger partial charge in [-0.1, -0.05) is 30.3 Å². The van der Waals surface area contributed by atoms with Crippen molar-refractivity contribution < 1.29 is 4.79 Å². The maximum atomic E-state index is 11.0. The molecule has 0 fully saturated rings. The monoisotopic (exact) mass is 236 g/mol. The van der Waals surface area contributed by atoms with Gasteiger partial charge in [0.1, 0.15) is 0 Å². The van der Waals surface area contributed by atoms with Crippen LogP contribution in [0, 0.1) is 0 Å². The van der Waals surface area contributed by atoms with Crippen molar-refractivity contribution in [3.05, 3.63) is 60.2 Å². The number of nitrogens with one attached hydrogen (secondary N) is 1. The van der Waals surface area contributed by atoms with Crippen LogP contribution in [0.2, 0.25) is 0 Å². The lowest BCUT2D eigenvalue weighted by Gasteiger charge is -1.99. The number of rotatable bonds is 2. The van der Waals surface area contributed by atoms with E-state index in [-0.39, 0.29) is 0 Å². The second-order valence-corrected chi connectivity index (χ2v) is 4.21. The van der Waals surface area contributed by atoms with Crippen LogP contribution in [0.5, 0.6) is 0 Å². The van der Waals surface area contributed by atoms with Gasteiger partial charge >= 0.3 is 0 Å². The van der Waals surface area contributed by atoms with Crippen LogP contribution in [-0.4, -0.2) is 10.9 Å².